The lowest BCUT2D eigenvalue weighted by Gasteiger charge is -2.19. The third kappa shape index (κ3) is 4.18. The van der Waals surface area contributed by atoms with Gasteiger partial charge in [0.05, 0.1) is 18.4 Å². The Morgan fingerprint density at radius 2 is 2.27 bits per heavy atom. The van der Waals surface area contributed by atoms with Gasteiger partial charge in [-0.2, -0.15) is 0 Å². The van der Waals surface area contributed by atoms with Crippen molar-refractivity contribution in [3.05, 3.63) is 34.4 Å². The Morgan fingerprint density at radius 1 is 1.36 bits per heavy atom. The van der Waals surface area contributed by atoms with Gasteiger partial charge in [-0.3, -0.25) is 4.90 Å². The van der Waals surface area contributed by atoms with Crippen LogP contribution in [0, 0.1) is 6.92 Å². The summed E-state index contributed by atoms with van der Waals surface area (Å²) in [5, 5.41) is 6.94. The molecule has 6 heteroatoms. The van der Waals surface area contributed by atoms with E-state index in [0.717, 1.165) is 37.4 Å². The summed E-state index contributed by atoms with van der Waals surface area (Å²) in [4.78, 5) is 11.2. The van der Waals surface area contributed by atoms with Crippen molar-refractivity contribution in [1.82, 2.24) is 14.9 Å². The van der Waals surface area contributed by atoms with Crippen LogP contribution in [0.25, 0.3) is 0 Å². The minimum atomic E-state index is 0.508. The molecule has 0 aliphatic carbocycles. The summed E-state index contributed by atoms with van der Waals surface area (Å²) in [7, 11) is 0. The van der Waals surface area contributed by atoms with E-state index in [4.69, 9.17) is 5.73 Å². The zero-order valence-electron chi connectivity index (χ0n) is 13.0. The number of aryl methyl sites for hydroxylation is 1. The maximum Gasteiger partial charge on any atom is 0.123 e. The SMILES string of the molecule is Cc1csc(CN2CCC[C@@H](Nc3ccc(N)nc3)CC2)n1. The number of thiazole rings is 1. The van der Waals surface area contributed by atoms with Crippen LogP contribution < -0.4 is 11.1 Å². The van der Waals surface area contributed by atoms with Gasteiger partial charge >= 0.3 is 0 Å². The molecule has 1 aliphatic rings. The number of hydrogen-bond donors (Lipinski definition) is 2. The van der Waals surface area contributed by atoms with E-state index in [-0.39, 0.29) is 0 Å². The van der Waals surface area contributed by atoms with Gasteiger partial charge in [-0.1, -0.05) is 0 Å². The molecule has 2 aromatic heterocycles. The van der Waals surface area contributed by atoms with Crippen molar-refractivity contribution in [1.29, 1.82) is 0 Å². The summed E-state index contributed by atoms with van der Waals surface area (Å²) in [6, 6.07) is 4.35. The first-order valence-electron chi connectivity index (χ1n) is 7.80. The molecular formula is C16H23N5S. The Bertz CT molecular complexity index is 595. The normalized spacial score (nSPS) is 19.8. The molecule has 118 valence electrons. The maximum absolute atomic E-state index is 5.63. The first-order valence-corrected chi connectivity index (χ1v) is 8.68. The Morgan fingerprint density at radius 3 is 3.00 bits per heavy atom. The summed E-state index contributed by atoms with van der Waals surface area (Å²) in [5.74, 6) is 0.566. The summed E-state index contributed by atoms with van der Waals surface area (Å²) in [6.07, 6.45) is 5.37. The second kappa shape index (κ2) is 7.07. The highest BCUT2D eigenvalue weighted by Gasteiger charge is 2.17. The van der Waals surface area contributed by atoms with Crippen LogP contribution >= 0.6 is 11.3 Å². The fourth-order valence-corrected chi connectivity index (χ4v) is 3.66. The monoisotopic (exact) mass is 317 g/mol. The van der Waals surface area contributed by atoms with E-state index in [0.29, 0.717) is 11.9 Å². The molecule has 1 fully saturated rings. The van der Waals surface area contributed by atoms with Crippen molar-refractivity contribution in [2.24, 2.45) is 0 Å². The summed E-state index contributed by atoms with van der Waals surface area (Å²) in [6.45, 7) is 5.30. The van der Waals surface area contributed by atoms with Crippen molar-refractivity contribution in [3.63, 3.8) is 0 Å². The zero-order valence-corrected chi connectivity index (χ0v) is 13.8. The van der Waals surface area contributed by atoms with Crippen LogP contribution in [0.1, 0.15) is 30.0 Å². The van der Waals surface area contributed by atoms with E-state index < -0.39 is 0 Å². The highest BCUT2D eigenvalue weighted by Crippen LogP contribution is 2.19. The van der Waals surface area contributed by atoms with E-state index in [1.807, 2.05) is 18.3 Å². The summed E-state index contributed by atoms with van der Waals surface area (Å²) in [5.41, 5.74) is 7.82. The predicted molar refractivity (Wildman–Crippen MR) is 92.0 cm³/mol. The second-order valence-electron chi connectivity index (χ2n) is 5.90. The molecule has 0 amide bonds. The minimum absolute atomic E-state index is 0.508. The lowest BCUT2D eigenvalue weighted by Crippen LogP contribution is -2.26. The van der Waals surface area contributed by atoms with Crippen LogP contribution in [-0.4, -0.2) is 34.0 Å². The van der Waals surface area contributed by atoms with Gasteiger partial charge in [-0.25, -0.2) is 9.97 Å². The number of rotatable bonds is 4. The molecule has 0 unspecified atom stereocenters. The first-order chi connectivity index (χ1) is 10.7. The Labute approximate surface area is 135 Å². The molecule has 0 radical (unpaired) electrons. The van der Waals surface area contributed by atoms with E-state index in [1.165, 1.54) is 17.8 Å². The molecule has 3 N–H and O–H groups in total. The van der Waals surface area contributed by atoms with Gasteiger partial charge in [0.25, 0.3) is 0 Å². The third-order valence-corrected chi connectivity index (χ3v) is 4.95. The highest BCUT2D eigenvalue weighted by atomic mass is 32.1. The molecule has 22 heavy (non-hydrogen) atoms. The molecule has 0 aromatic carbocycles. The predicted octanol–water partition coefficient (Wildman–Crippen LogP) is 2.90. The Kier molecular flexibility index (Phi) is 4.90. The van der Waals surface area contributed by atoms with Gasteiger partial charge < -0.3 is 11.1 Å². The van der Waals surface area contributed by atoms with Gasteiger partial charge in [-0.05, 0) is 44.9 Å². The molecule has 1 aliphatic heterocycles. The standard InChI is InChI=1S/C16H23N5S/c1-12-11-22-16(19-12)10-21-7-2-3-13(6-8-21)20-14-4-5-15(17)18-9-14/h4-5,9,11,13,20H,2-3,6-8,10H2,1H3,(H2,17,18)/t13-/m1/s1. The number of nitrogens with zero attached hydrogens (tertiary/aromatic N) is 3. The minimum Gasteiger partial charge on any atom is -0.384 e. The third-order valence-electron chi connectivity index (χ3n) is 4.00. The number of nitrogens with two attached hydrogens (primary N) is 1. The summed E-state index contributed by atoms with van der Waals surface area (Å²) < 4.78 is 0. The van der Waals surface area contributed by atoms with Crippen molar-refractivity contribution in [2.45, 2.75) is 38.8 Å². The fraction of sp³-hybridized carbons (Fsp3) is 0.500. The van der Waals surface area contributed by atoms with Crippen LogP contribution in [0.2, 0.25) is 0 Å². The molecule has 5 nitrogen and oxygen atoms in total. The largest absolute Gasteiger partial charge is 0.384 e. The molecule has 2 aromatic rings. The van der Waals surface area contributed by atoms with Crippen LogP contribution in [0.5, 0.6) is 0 Å². The van der Waals surface area contributed by atoms with Gasteiger partial charge in [-0.15, -0.1) is 11.3 Å². The Balaban J connectivity index is 1.52. The number of anilines is 2. The quantitative estimate of drug-likeness (QED) is 0.907. The molecule has 0 saturated carbocycles. The molecule has 1 atom stereocenters. The summed E-state index contributed by atoms with van der Waals surface area (Å²) >= 11 is 1.77. The zero-order chi connectivity index (χ0) is 15.4. The van der Waals surface area contributed by atoms with Crippen molar-refractivity contribution in [2.75, 3.05) is 24.1 Å². The van der Waals surface area contributed by atoms with Crippen LogP contribution in [-0.2, 0) is 6.54 Å². The molecule has 0 bridgehead atoms. The molecule has 3 heterocycles. The van der Waals surface area contributed by atoms with Crippen LogP contribution in [0.4, 0.5) is 11.5 Å². The van der Waals surface area contributed by atoms with Gasteiger partial charge in [0.15, 0.2) is 0 Å². The molecular weight excluding hydrogens is 294 g/mol. The van der Waals surface area contributed by atoms with E-state index in [1.54, 1.807) is 11.3 Å². The van der Waals surface area contributed by atoms with E-state index in [2.05, 4.69) is 32.5 Å². The number of likely N-dealkylation sites (tertiary alicyclic amines) is 1. The van der Waals surface area contributed by atoms with Crippen LogP contribution in [0.15, 0.2) is 23.7 Å². The smallest absolute Gasteiger partial charge is 0.123 e. The number of nitrogen functional groups attached to an aromatic ring is 1. The maximum atomic E-state index is 5.63. The van der Waals surface area contributed by atoms with Crippen molar-refractivity contribution < 1.29 is 0 Å². The lowest BCUT2D eigenvalue weighted by molar-refractivity contribution is 0.276. The number of hydrogen-bond acceptors (Lipinski definition) is 6. The van der Waals surface area contributed by atoms with Crippen LogP contribution in [0.3, 0.4) is 0 Å². The molecule has 0 spiro atoms. The average molecular weight is 317 g/mol. The first kappa shape index (κ1) is 15.2. The van der Waals surface area contributed by atoms with Gasteiger partial charge in [0.2, 0.25) is 0 Å². The number of nitrogens with one attached hydrogen (secondary N) is 1. The number of aromatic nitrogens is 2. The second-order valence-corrected chi connectivity index (χ2v) is 6.85. The fourth-order valence-electron chi connectivity index (χ4n) is 2.85. The molecule has 3 rings (SSSR count). The average Bonchev–Trinajstić information content (AvgIpc) is 2.78. The van der Waals surface area contributed by atoms with Crippen molar-refractivity contribution >= 4 is 22.8 Å². The van der Waals surface area contributed by atoms with E-state index >= 15 is 0 Å². The lowest BCUT2D eigenvalue weighted by atomic mass is 10.1. The van der Waals surface area contributed by atoms with Crippen molar-refractivity contribution in [3.8, 4) is 0 Å². The molecule has 1 saturated heterocycles. The van der Waals surface area contributed by atoms with Gasteiger partial charge in [0, 0.05) is 23.7 Å². The van der Waals surface area contributed by atoms with E-state index in [9.17, 15) is 0 Å². The Hall–Kier alpha value is -1.66. The number of pyridine rings is 1. The van der Waals surface area contributed by atoms with Gasteiger partial charge in [0.1, 0.15) is 10.8 Å². The highest BCUT2D eigenvalue weighted by molar-refractivity contribution is 7.09. The topological polar surface area (TPSA) is 67.1 Å².